The second kappa shape index (κ2) is 7.56. The average Bonchev–Trinajstić information content (AvgIpc) is 2.15. The number of carbonyl (C=O) groups is 1. The first-order chi connectivity index (χ1) is 6.61. The van der Waals surface area contributed by atoms with Crippen LogP contribution >= 0.6 is 0 Å². The maximum Gasteiger partial charge on any atom is 0.312 e. The Hall–Kier alpha value is -0.830. The van der Waals surface area contributed by atoms with E-state index in [2.05, 4.69) is 0 Å². The minimum Gasteiger partial charge on any atom is -0.466 e. The lowest BCUT2D eigenvalue weighted by Crippen LogP contribution is -2.13. The van der Waals surface area contributed by atoms with Crippen LogP contribution in [0.1, 0.15) is 33.6 Å². The minimum atomic E-state index is -0.447. The first-order valence-corrected chi connectivity index (χ1v) is 5.14. The molecule has 0 radical (unpaired) electrons. The second-order valence-electron chi connectivity index (χ2n) is 3.28. The summed E-state index contributed by atoms with van der Waals surface area (Å²) in [4.78, 5) is 11.2. The number of rotatable bonds is 6. The van der Waals surface area contributed by atoms with E-state index in [9.17, 15) is 9.90 Å². The van der Waals surface area contributed by atoms with Crippen LogP contribution in [-0.2, 0) is 9.53 Å². The van der Waals surface area contributed by atoms with E-state index in [1.165, 1.54) is 0 Å². The van der Waals surface area contributed by atoms with Crippen LogP contribution in [0, 0.1) is 5.92 Å². The maximum absolute atomic E-state index is 11.2. The van der Waals surface area contributed by atoms with Gasteiger partial charge in [-0.25, -0.2) is 0 Å². The van der Waals surface area contributed by atoms with Gasteiger partial charge < -0.3 is 9.84 Å². The third kappa shape index (κ3) is 5.75. The summed E-state index contributed by atoms with van der Waals surface area (Å²) in [6.07, 6.45) is 4.56. The van der Waals surface area contributed by atoms with E-state index < -0.39 is 6.10 Å². The van der Waals surface area contributed by atoms with Crippen LogP contribution in [0.5, 0.6) is 0 Å². The van der Waals surface area contributed by atoms with E-state index in [1.54, 1.807) is 26.0 Å². The summed E-state index contributed by atoms with van der Waals surface area (Å²) in [6, 6.07) is 0. The molecule has 0 heterocycles. The Kier molecular flexibility index (Phi) is 7.11. The van der Waals surface area contributed by atoms with Gasteiger partial charge in [-0.1, -0.05) is 25.5 Å². The van der Waals surface area contributed by atoms with Crippen LogP contribution in [0.2, 0.25) is 0 Å². The van der Waals surface area contributed by atoms with E-state index in [-0.39, 0.29) is 11.9 Å². The molecule has 0 saturated carbocycles. The van der Waals surface area contributed by atoms with Gasteiger partial charge in [-0.3, -0.25) is 4.79 Å². The Labute approximate surface area is 85.8 Å². The lowest BCUT2D eigenvalue weighted by Gasteiger charge is -2.07. The SMILES string of the molecule is CCC[C@@H](O)C=C[C@H](C)C(=O)OCC. The zero-order valence-electron chi connectivity index (χ0n) is 9.19. The van der Waals surface area contributed by atoms with Gasteiger partial charge in [0.2, 0.25) is 0 Å². The number of esters is 1. The molecule has 0 spiro atoms. The zero-order valence-corrected chi connectivity index (χ0v) is 9.19. The quantitative estimate of drug-likeness (QED) is 0.526. The lowest BCUT2D eigenvalue weighted by molar-refractivity contribution is -0.145. The van der Waals surface area contributed by atoms with E-state index in [0.717, 1.165) is 12.8 Å². The molecule has 0 bridgehead atoms. The van der Waals surface area contributed by atoms with Crippen molar-refractivity contribution < 1.29 is 14.6 Å². The Morgan fingerprint density at radius 2 is 2.07 bits per heavy atom. The number of hydrogen-bond acceptors (Lipinski definition) is 3. The van der Waals surface area contributed by atoms with Gasteiger partial charge in [0.25, 0.3) is 0 Å². The van der Waals surface area contributed by atoms with Crippen molar-refractivity contribution in [2.75, 3.05) is 6.61 Å². The summed E-state index contributed by atoms with van der Waals surface area (Å²) in [5.74, 6) is -0.520. The first-order valence-electron chi connectivity index (χ1n) is 5.14. The van der Waals surface area contributed by atoms with Gasteiger partial charge in [-0.05, 0) is 20.3 Å². The van der Waals surface area contributed by atoms with Crippen LogP contribution in [0.15, 0.2) is 12.2 Å². The van der Waals surface area contributed by atoms with Crippen molar-refractivity contribution in [3.05, 3.63) is 12.2 Å². The van der Waals surface area contributed by atoms with E-state index in [0.29, 0.717) is 6.61 Å². The maximum atomic E-state index is 11.2. The molecule has 0 aromatic heterocycles. The van der Waals surface area contributed by atoms with Crippen molar-refractivity contribution in [2.45, 2.75) is 39.7 Å². The molecule has 82 valence electrons. The molecule has 3 heteroatoms. The van der Waals surface area contributed by atoms with Crippen LogP contribution in [0.3, 0.4) is 0 Å². The normalized spacial score (nSPS) is 15.4. The third-order valence-electron chi connectivity index (χ3n) is 1.86. The van der Waals surface area contributed by atoms with Crippen molar-refractivity contribution in [1.29, 1.82) is 0 Å². The van der Waals surface area contributed by atoms with Gasteiger partial charge in [-0.2, -0.15) is 0 Å². The van der Waals surface area contributed by atoms with Crippen molar-refractivity contribution in [2.24, 2.45) is 5.92 Å². The molecule has 0 saturated heterocycles. The summed E-state index contributed by atoms with van der Waals surface area (Å²) in [5, 5.41) is 9.37. The predicted molar refractivity (Wildman–Crippen MR) is 55.9 cm³/mol. The highest BCUT2D eigenvalue weighted by molar-refractivity contribution is 5.73. The number of aliphatic hydroxyl groups excluding tert-OH is 1. The Morgan fingerprint density at radius 3 is 2.57 bits per heavy atom. The third-order valence-corrected chi connectivity index (χ3v) is 1.86. The van der Waals surface area contributed by atoms with Crippen LogP contribution in [0.4, 0.5) is 0 Å². The molecule has 0 aliphatic carbocycles. The molecular weight excluding hydrogens is 180 g/mol. The number of aliphatic hydroxyl groups is 1. The molecule has 0 rings (SSSR count). The molecule has 14 heavy (non-hydrogen) atoms. The molecule has 3 nitrogen and oxygen atoms in total. The Bertz CT molecular complexity index is 187. The molecular formula is C11H20O3. The van der Waals surface area contributed by atoms with Crippen molar-refractivity contribution in [3.8, 4) is 0 Å². The lowest BCUT2D eigenvalue weighted by atomic mass is 10.1. The van der Waals surface area contributed by atoms with Gasteiger partial charge in [-0.15, -0.1) is 0 Å². The molecule has 0 fully saturated rings. The summed E-state index contributed by atoms with van der Waals surface area (Å²) < 4.78 is 4.82. The van der Waals surface area contributed by atoms with Gasteiger partial charge in [0, 0.05) is 0 Å². The average molecular weight is 200 g/mol. The Balaban J connectivity index is 3.90. The van der Waals surface area contributed by atoms with Gasteiger partial charge in [0.1, 0.15) is 0 Å². The van der Waals surface area contributed by atoms with Crippen molar-refractivity contribution >= 4 is 5.97 Å². The zero-order chi connectivity index (χ0) is 11.0. The molecule has 0 unspecified atom stereocenters. The van der Waals surface area contributed by atoms with E-state index in [4.69, 9.17) is 4.74 Å². The van der Waals surface area contributed by atoms with Crippen molar-refractivity contribution in [1.82, 2.24) is 0 Å². The summed E-state index contributed by atoms with van der Waals surface area (Å²) in [6.45, 7) is 5.94. The summed E-state index contributed by atoms with van der Waals surface area (Å²) in [7, 11) is 0. The van der Waals surface area contributed by atoms with Gasteiger partial charge >= 0.3 is 5.97 Å². The molecule has 0 aliphatic rings. The first kappa shape index (κ1) is 13.2. The summed E-state index contributed by atoms with van der Waals surface area (Å²) >= 11 is 0. The van der Waals surface area contributed by atoms with Gasteiger partial charge in [0.15, 0.2) is 0 Å². The topological polar surface area (TPSA) is 46.5 Å². The fourth-order valence-electron chi connectivity index (χ4n) is 1.04. The van der Waals surface area contributed by atoms with Crippen LogP contribution in [-0.4, -0.2) is 23.8 Å². The fraction of sp³-hybridized carbons (Fsp3) is 0.727. The van der Waals surface area contributed by atoms with Gasteiger partial charge in [0.05, 0.1) is 18.6 Å². The molecule has 0 aromatic rings. The smallest absolute Gasteiger partial charge is 0.312 e. The van der Waals surface area contributed by atoms with Crippen molar-refractivity contribution in [3.63, 3.8) is 0 Å². The predicted octanol–water partition coefficient (Wildman–Crippen LogP) is 1.90. The standard InChI is InChI=1S/C11H20O3/c1-4-6-10(12)8-7-9(3)11(13)14-5-2/h7-10,12H,4-6H2,1-3H3/t9-,10+/m0/s1. The van der Waals surface area contributed by atoms with E-state index in [1.807, 2.05) is 6.92 Å². The highest BCUT2D eigenvalue weighted by Crippen LogP contribution is 2.04. The number of carbonyl (C=O) groups excluding carboxylic acids is 1. The number of ether oxygens (including phenoxy) is 1. The molecule has 0 amide bonds. The van der Waals surface area contributed by atoms with E-state index >= 15 is 0 Å². The highest BCUT2D eigenvalue weighted by atomic mass is 16.5. The Morgan fingerprint density at radius 1 is 1.43 bits per heavy atom. The van der Waals surface area contributed by atoms with Crippen LogP contribution in [0.25, 0.3) is 0 Å². The number of hydrogen-bond donors (Lipinski definition) is 1. The van der Waals surface area contributed by atoms with Crippen LogP contribution < -0.4 is 0 Å². The fourth-order valence-corrected chi connectivity index (χ4v) is 1.04. The molecule has 1 N–H and O–H groups in total. The monoisotopic (exact) mass is 200 g/mol. The molecule has 0 aromatic carbocycles. The molecule has 0 aliphatic heterocycles. The highest BCUT2D eigenvalue weighted by Gasteiger charge is 2.10. The molecule has 2 atom stereocenters. The minimum absolute atomic E-state index is 0.243. The second-order valence-corrected chi connectivity index (χ2v) is 3.28. The largest absolute Gasteiger partial charge is 0.466 e. The summed E-state index contributed by atoms with van der Waals surface area (Å²) in [5.41, 5.74) is 0.